The molecule has 4 fully saturated rings. The van der Waals surface area contributed by atoms with Crippen molar-refractivity contribution in [2.24, 2.45) is 17.3 Å². The van der Waals surface area contributed by atoms with Gasteiger partial charge in [-0.3, -0.25) is 9.59 Å². The zero-order valence-corrected chi connectivity index (χ0v) is 15.4. The van der Waals surface area contributed by atoms with E-state index in [9.17, 15) is 14.7 Å². The quantitative estimate of drug-likeness (QED) is 0.549. The Hall–Kier alpha value is -1.44. The third kappa shape index (κ3) is 1.70. The molecule has 142 valence electrons. The van der Waals surface area contributed by atoms with Gasteiger partial charge in [0.25, 0.3) is 0 Å². The minimum absolute atomic E-state index is 0.0684. The topological polar surface area (TPSA) is 94.6 Å². The lowest BCUT2D eigenvalue weighted by Gasteiger charge is -2.37. The second-order valence-corrected chi connectivity index (χ2v) is 9.08. The van der Waals surface area contributed by atoms with Crippen LogP contribution in [0.4, 0.5) is 0 Å². The van der Waals surface area contributed by atoms with Gasteiger partial charge in [-0.1, -0.05) is 6.92 Å². The number of carbonyl (C=O) groups excluding carboxylic acids is 2. The molecule has 7 heteroatoms. The third-order valence-corrected chi connectivity index (χ3v) is 7.27. The van der Waals surface area contributed by atoms with E-state index in [1.54, 1.807) is 26.8 Å². The van der Waals surface area contributed by atoms with Crippen LogP contribution in [0.15, 0.2) is 11.8 Å². The van der Waals surface area contributed by atoms with Crippen LogP contribution in [0.25, 0.3) is 0 Å². The van der Waals surface area contributed by atoms with Gasteiger partial charge in [0.2, 0.25) is 11.6 Å². The SMILES string of the molecule is C[C@H]1C[C@H]2OC(=O)[C@@]3(C)[C@@H]2[C@H](C[C@@]2(C)OC1=CC2=O)O[C@]3(O)[C@]1(C)CO1. The van der Waals surface area contributed by atoms with Crippen molar-refractivity contribution in [1.29, 1.82) is 0 Å². The summed E-state index contributed by atoms with van der Waals surface area (Å²) >= 11 is 0. The zero-order valence-electron chi connectivity index (χ0n) is 15.4. The van der Waals surface area contributed by atoms with E-state index < -0.39 is 40.6 Å². The Kier molecular flexibility index (Phi) is 2.90. The summed E-state index contributed by atoms with van der Waals surface area (Å²) in [5.41, 5.74) is -3.25. The minimum Gasteiger partial charge on any atom is -0.483 e. The van der Waals surface area contributed by atoms with Gasteiger partial charge in [0, 0.05) is 24.3 Å². The summed E-state index contributed by atoms with van der Waals surface area (Å²) in [5.74, 6) is -2.15. The molecule has 0 unspecified atom stereocenters. The Morgan fingerprint density at radius 2 is 1.88 bits per heavy atom. The average Bonchev–Trinajstić information content (AvgIpc) is 3.07. The number of allylic oxidation sites excluding steroid dienone is 1. The second kappa shape index (κ2) is 4.51. The van der Waals surface area contributed by atoms with Crippen LogP contribution in [0.5, 0.6) is 0 Å². The van der Waals surface area contributed by atoms with Crippen LogP contribution >= 0.6 is 0 Å². The number of ketones is 1. The van der Waals surface area contributed by atoms with E-state index >= 15 is 0 Å². The molecule has 1 N–H and O–H groups in total. The number of aliphatic hydroxyl groups is 1. The molecule has 4 saturated heterocycles. The number of ether oxygens (including phenoxy) is 4. The van der Waals surface area contributed by atoms with Crippen molar-refractivity contribution in [2.45, 2.75) is 69.7 Å². The summed E-state index contributed by atoms with van der Waals surface area (Å²) in [6.07, 6.45) is 1.38. The van der Waals surface area contributed by atoms with Crippen LogP contribution in [-0.4, -0.2) is 52.7 Å². The van der Waals surface area contributed by atoms with Crippen molar-refractivity contribution < 1.29 is 33.6 Å². The van der Waals surface area contributed by atoms with Crippen molar-refractivity contribution in [3.8, 4) is 0 Å². The fourth-order valence-corrected chi connectivity index (χ4v) is 5.43. The molecule has 5 heterocycles. The van der Waals surface area contributed by atoms with E-state index in [0.29, 0.717) is 18.8 Å². The lowest BCUT2D eigenvalue weighted by molar-refractivity contribution is -0.271. The Bertz CT molecular complexity index is 755. The van der Waals surface area contributed by atoms with Crippen molar-refractivity contribution >= 4 is 11.8 Å². The van der Waals surface area contributed by atoms with Gasteiger partial charge in [-0.15, -0.1) is 0 Å². The molecule has 0 amide bonds. The number of esters is 1. The molecule has 2 bridgehead atoms. The van der Waals surface area contributed by atoms with Crippen LogP contribution in [0.3, 0.4) is 0 Å². The summed E-state index contributed by atoms with van der Waals surface area (Å²) < 4.78 is 23.4. The van der Waals surface area contributed by atoms with Crippen LogP contribution in [0, 0.1) is 17.3 Å². The van der Waals surface area contributed by atoms with E-state index in [2.05, 4.69) is 0 Å². The van der Waals surface area contributed by atoms with Gasteiger partial charge >= 0.3 is 5.97 Å². The van der Waals surface area contributed by atoms with Gasteiger partial charge in [-0.25, -0.2) is 0 Å². The lowest BCUT2D eigenvalue weighted by Crippen LogP contribution is -2.57. The molecule has 7 nitrogen and oxygen atoms in total. The highest BCUT2D eigenvalue weighted by atomic mass is 16.7. The predicted molar refractivity (Wildman–Crippen MR) is 86.6 cm³/mol. The van der Waals surface area contributed by atoms with E-state index in [0.717, 1.165) is 0 Å². The Balaban J connectivity index is 1.64. The number of hydrogen-bond donors (Lipinski definition) is 1. The molecule has 8 atom stereocenters. The highest BCUT2D eigenvalue weighted by molar-refractivity contribution is 5.99. The number of fused-ring (bicyclic) bond motifs is 2. The maximum Gasteiger partial charge on any atom is 0.318 e. The minimum atomic E-state index is -1.79. The van der Waals surface area contributed by atoms with Gasteiger partial charge in [-0.05, 0) is 27.2 Å². The largest absolute Gasteiger partial charge is 0.483 e. The normalized spacial score (nSPS) is 57.5. The first-order chi connectivity index (χ1) is 12.0. The van der Waals surface area contributed by atoms with Crippen molar-refractivity contribution in [1.82, 2.24) is 0 Å². The molecule has 0 aliphatic carbocycles. The van der Waals surface area contributed by atoms with Crippen LogP contribution in [-0.2, 0) is 28.5 Å². The first-order valence-electron chi connectivity index (χ1n) is 9.24. The van der Waals surface area contributed by atoms with Gasteiger partial charge < -0.3 is 24.1 Å². The standard InChI is InChI=1S/C19H24O7/c1-9-5-11-14-12(7-16(2)13(20)6-10(9)25-16)26-19(22,17(3)8-23-17)18(14,4)15(21)24-11/h6,9,11-12,14,22H,5,7-8H2,1-4H3/t9-,11+,12-,14-,16+,17-,18+,19+/m0/s1. The lowest BCUT2D eigenvalue weighted by atomic mass is 9.65. The Morgan fingerprint density at radius 3 is 2.54 bits per heavy atom. The van der Waals surface area contributed by atoms with Crippen molar-refractivity contribution in [2.75, 3.05) is 6.61 Å². The van der Waals surface area contributed by atoms with Crippen LogP contribution in [0.2, 0.25) is 0 Å². The predicted octanol–water partition coefficient (Wildman–Crippen LogP) is 1.08. The number of hydrogen-bond acceptors (Lipinski definition) is 7. The van der Waals surface area contributed by atoms with E-state index in [1.807, 2.05) is 6.92 Å². The molecule has 0 spiro atoms. The molecule has 0 aromatic carbocycles. The summed E-state index contributed by atoms with van der Waals surface area (Å²) in [5, 5.41) is 11.5. The third-order valence-electron chi connectivity index (χ3n) is 7.27. The molecular weight excluding hydrogens is 340 g/mol. The highest BCUT2D eigenvalue weighted by Gasteiger charge is 2.81. The molecule has 0 radical (unpaired) electrons. The smallest absolute Gasteiger partial charge is 0.318 e. The number of epoxide rings is 1. The van der Waals surface area contributed by atoms with Gasteiger partial charge in [-0.2, -0.15) is 0 Å². The van der Waals surface area contributed by atoms with Crippen LogP contribution < -0.4 is 0 Å². The summed E-state index contributed by atoms with van der Waals surface area (Å²) in [6, 6.07) is 0. The van der Waals surface area contributed by atoms with E-state index in [1.165, 1.54) is 0 Å². The molecule has 26 heavy (non-hydrogen) atoms. The fraction of sp³-hybridized carbons (Fsp3) is 0.789. The molecule has 5 aliphatic heterocycles. The maximum atomic E-state index is 12.9. The molecule has 5 aliphatic rings. The zero-order chi connectivity index (χ0) is 18.7. The van der Waals surface area contributed by atoms with Crippen LogP contribution in [0.1, 0.15) is 40.5 Å². The maximum absolute atomic E-state index is 12.9. The van der Waals surface area contributed by atoms with Crippen molar-refractivity contribution in [3.05, 3.63) is 11.8 Å². The van der Waals surface area contributed by atoms with Gasteiger partial charge in [0.15, 0.2) is 5.60 Å². The van der Waals surface area contributed by atoms with E-state index in [4.69, 9.17) is 18.9 Å². The molecule has 5 rings (SSSR count). The first kappa shape index (κ1) is 16.7. The fourth-order valence-electron chi connectivity index (χ4n) is 5.43. The van der Waals surface area contributed by atoms with Crippen molar-refractivity contribution in [3.63, 3.8) is 0 Å². The highest BCUT2D eigenvalue weighted by Crippen LogP contribution is 2.64. The molecule has 0 aromatic heterocycles. The second-order valence-electron chi connectivity index (χ2n) is 9.08. The molecule has 0 aromatic rings. The monoisotopic (exact) mass is 364 g/mol. The van der Waals surface area contributed by atoms with Gasteiger partial charge in [0.1, 0.15) is 22.9 Å². The Labute approximate surface area is 151 Å². The number of carbonyl (C=O) groups is 2. The Morgan fingerprint density at radius 1 is 1.19 bits per heavy atom. The number of rotatable bonds is 1. The summed E-state index contributed by atoms with van der Waals surface area (Å²) in [6.45, 7) is 7.47. The molecule has 0 saturated carbocycles. The summed E-state index contributed by atoms with van der Waals surface area (Å²) in [7, 11) is 0. The first-order valence-corrected chi connectivity index (χ1v) is 9.24. The summed E-state index contributed by atoms with van der Waals surface area (Å²) in [4.78, 5) is 25.5. The van der Waals surface area contributed by atoms with E-state index in [-0.39, 0.29) is 24.0 Å². The average molecular weight is 364 g/mol. The van der Waals surface area contributed by atoms with Gasteiger partial charge in [0.05, 0.1) is 12.7 Å². The molecular formula is C19H24O7.